The highest BCUT2D eigenvalue weighted by atomic mass is 16.3. The Balaban J connectivity index is 0.765. The Hall–Kier alpha value is -1.30. The molecule has 0 radical (unpaired) electrons. The fourth-order valence-electron chi connectivity index (χ4n) is 18.0. The Labute approximate surface area is 361 Å². The molecular weight excluding hydrogens is 757 g/mol. The number of nitrogens with one attached hydrogen (secondary N) is 2. The van der Waals surface area contributed by atoms with Crippen molar-refractivity contribution < 1.29 is 40.2 Å². The normalized spacial score (nSPS) is 51.7. The first-order valence-electron chi connectivity index (χ1n) is 25.0. The smallest absolute Gasteiger partial charge is 0.220 e. The molecule has 342 valence electrons. The molecule has 0 bridgehead atoms. The van der Waals surface area contributed by atoms with E-state index in [0.29, 0.717) is 37.8 Å². The van der Waals surface area contributed by atoms with Crippen LogP contribution in [0.5, 0.6) is 0 Å². The molecule has 10 heteroatoms. The maximum absolute atomic E-state index is 13.0. The first-order valence-corrected chi connectivity index (χ1v) is 25.0. The van der Waals surface area contributed by atoms with Crippen LogP contribution in [0.15, 0.2) is 0 Å². The van der Waals surface area contributed by atoms with Crippen LogP contribution in [0.3, 0.4) is 0 Å². The van der Waals surface area contributed by atoms with E-state index < -0.39 is 12.2 Å². The molecule has 8 rings (SSSR count). The summed E-state index contributed by atoms with van der Waals surface area (Å²) >= 11 is 0. The molecule has 8 fully saturated rings. The van der Waals surface area contributed by atoms with Crippen LogP contribution in [0.2, 0.25) is 0 Å². The highest BCUT2D eigenvalue weighted by Gasteiger charge is 2.67. The molecule has 2 amide bonds. The van der Waals surface area contributed by atoms with Crippen molar-refractivity contribution in [3.8, 4) is 0 Å². The van der Waals surface area contributed by atoms with Crippen LogP contribution in [0.1, 0.15) is 157 Å². The number of aliphatic hydroxyl groups is 6. The fourth-order valence-corrected chi connectivity index (χ4v) is 18.0. The second-order valence-corrected chi connectivity index (χ2v) is 23.8. The minimum absolute atomic E-state index is 0.0131. The van der Waals surface area contributed by atoms with E-state index in [1.165, 1.54) is 0 Å². The van der Waals surface area contributed by atoms with Crippen molar-refractivity contribution in [2.75, 3.05) is 13.1 Å². The second kappa shape index (κ2) is 16.9. The standard InChI is InChI=1S/C50H84N2O8/c1-27(33-9-11-35-45-37(25-41(57)49(33,35)5)47(3)17-15-31(53)21-29(47)23-39(45)55)7-13-43(59)51-19-20-52-44(60)14-8-28(2)34-10-12-36-46-38(26-42(58)50(34,36)6)48(4)18-16-32(54)22-30(48)24-40(46)56/h27-42,45-46,53-58H,7-26H2,1-6H3,(H,51,59)(H,52,60)/t27-,28-,29?,30?,31-,32-,33-,34-,35+,36+,37+,38+,39-,40-,41+,42+,45+,46+,47+,48+,49-,50-/m1/s1. The summed E-state index contributed by atoms with van der Waals surface area (Å²) < 4.78 is 0. The lowest BCUT2D eigenvalue weighted by atomic mass is 9.43. The van der Waals surface area contributed by atoms with E-state index >= 15 is 0 Å². The third-order valence-electron chi connectivity index (χ3n) is 21.5. The SMILES string of the molecule is C[C@H](CCC(=O)NCCNC(=O)CC[C@@H](C)[C@H]1CC[C@H]2[C@@H]3[C@H](O)CC4C[C@H](O)CC[C@]4(C)[C@H]3C[C@H](O)[C@]12C)[C@H]1CC[C@H]2[C@@H]3[C@H](O)CC4C[C@H](O)CC[C@]4(C)[C@H]3C[C@H](O)[C@]12C. The van der Waals surface area contributed by atoms with Gasteiger partial charge < -0.3 is 41.3 Å². The van der Waals surface area contributed by atoms with Gasteiger partial charge >= 0.3 is 0 Å². The molecule has 8 saturated carbocycles. The molecule has 0 saturated heterocycles. The van der Waals surface area contributed by atoms with Crippen molar-refractivity contribution in [1.82, 2.24) is 10.6 Å². The van der Waals surface area contributed by atoms with Gasteiger partial charge in [-0.25, -0.2) is 0 Å². The third kappa shape index (κ3) is 7.45. The van der Waals surface area contributed by atoms with Gasteiger partial charge in [0.2, 0.25) is 11.8 Å². The molecule has 0 aromatic carbocycles. The first-order chi connectivity index (χ1) is 28.3. The Morgan fingerprint density at radius 2 is 0.917 bits per heavy atom. The van der Waals surface area contributed by atoms with Gasteiger partial charge in [0.25, 0.3) is 0 Å². The summed E-state index contributed by atoms with van der Waals surface area (Å²) in [5.74, 6) is 3.13. The lowest BCUT2D eigenvalue weighted by molar-refractivity contribution is -0.207. The average Bonchev–Trinajstić information content (AvgIpc) is 3.75. The van der Waals surface area contributed by atoms with Crippen molar-refractivity contribution in [2.45, 2.75) is 194 Å². The van der Waals surface area contributed by atoms with Gasteiger partial charge in [-0.3, -0.25) is 9.59 Å². The number of aliphatic hydroxyl groups excluding tert-OH is 6. The van der Waals surface area contributed by atoms with Gasteiger partial charge in [0.05, 0.1) is 36.6 Å². The summed E-state index contributed by atoms with van der Waals surface area (Å²) in [7, 11) is 0. The van der Waals surface area contributed by atoms with Gasteiger partial charge in [-0.1, -0.05) is 41.5 Å². The van der Waals surface area contributed by atoms with E-state index in [1.54, 1.807) is 0 Å². The minimum Gasteiger partial charge on any atom is -0.393 e. The highest BCUT2D eigenvalue weighted by molar-refractivity contribution is 5.77. The fraction of sp³-hybridized carbons (Fsp3) is 0.960. The van der Waals surface area contributed by atoms with Crippen molar-refractivity contribution >= 4 is 11.8 Å². The van der Waals surface area contributed by atoms with E-state index in [2.05, 4.69) is 52.2 Å². The molecule has 60 heavy (non-hydrogen) atoms. The quantitative estimate of drug-likeness (QED) is 0.117. The maximum Gasteiger partial charge on any atom is 0.220 e. The second-order valence-electron chi connectivity index (χ2n) is 23.8. The van der Waals surface area contributed by atoms with Crippen LogP contribution in [-0.4, -0.2) is 92.2 Å². The lowest BCUT2D eigenvalue weighted by Crippen LogP contribution is -2.62. The van der Waals surface area contributed by atoms with Gasteiger partial charge in [0.15, 0.2) is 0 Å². The van der Waals surface area contributed by atoms with Crippen LogP contribution in [-0.2, 0) is 9.59 Å². The van der Waals surface area contributed by atoms with Gasteiger partial charge in [0, 0.05) is 25.9 Å². The van der Waals surface area contributed by atoms with Crippen molar-refractivity contribution in [2.24, 2.45) is 92.7 Å². The first kappa shape index (κ1) is 45.3. The summed E-state index contributed by atoms with van der Waals surface area (Å²) in [4.78, 5) is 26.1. The Bertz CT molecular complexity index is 1450. The largest absolute Gasteiger partial charge is 0.393 e. The topological polar surface area (TPSA) is 180 Å². The number of hydrogen-bond donors (Lipinski definition) is 8. The van der Waals surface area contributed by atoms with E-state index in [4.69, 9.17) is 0 Å². The third-order valence-corrected chi connectivity index (χ3v) is 21.5. The van der Waals surface area contributed by atoms with Gasteiger partial charge in [0.1, 0.15) is 0 Å². The van der Waals surface area contributed by atoms with E-state index in [1.807, 2.05) is 0 Å². The summed E-state index contributed by atoms with van der Waals surface area (Å²) in [6.07, 6.45) is 12.2. The number of amides is 2. The molecule has 0 aromatic rings. The zero-order valence-electron chi connectivity index (χ0n) is 38.0. The van der Waals surface area contributed by atoms with Crippen molar-refractivity contribution in [3.05, 3.63) is 0 Å². The number of fused-ring (bicyclic) bond motifs is 10. The number of carbonyl (C=O) groups is 2. The summed E-state index contributed by atoms with van der Waals surface area (Å²) in [5, 5.41) is 73.9. The highest BCUT2D eigenvalue weighted by Crippen LogP contribution is 2.70. The average molecular weight is 841 g/mol. The molecule has 10 nitrogen and oxygen atoms in total. The van der Waals surface area contributed by atoms with Gasteiger partial charge in [-0.05, 0) is 195 Å². The van der Waals surface area contributed by atoms with Crippen LogP contribution < -0.4 is 10.6 Å². The van der Waals surface area contributed by atoms with E-state index in [0.717, 1.165) is 103 Å². The van der Waals surface area contributed by atoms with Crippen LogP contribution in [0, 0.1) is 92.7 Å². The Morgan fingerprint density at radius 1 is 0.533 bits per heavy atom. The zero-order chi connectivity index (χ0) is 43.1. The van der Waals surface area contributed by atoms with E-state index in [-0.39, 0.29) is 117 Å². The van der Waals surface area contributed by atoms with E-state index in [9.17, 15) is 40.2 Å². The van der Waals surface area contributed by atoms with Crippen molar-refractivity contribution in [1.29, 1.82) is 0 Å². The van der Waals surface area contributed by atoms with Crippen molar-refractivity contribution in [3.63, 3.8) is 0 Å². The molecule has 8 aliphatic rings. The van der Waals surface area contributed by atoms with Crippen LogP contribution >= 0.6 is 0 Å². The molecule has 8 aliphatic carbocycles. The van der Waals surface area contributed by atoms with Crippen LogP contribution in [0.4, 0.5) is 0 Å². The maximum atomic E-state index is 13.0. The Morgan fingerprint density at radius 3 is 1.30 bits per heavy atom. The summed E-state index contributed by atoms with van der Waals surface area (Å²) in [6.45, 7) is 14.5. The predicted molar refractivity (Wildman–Crippen MR) is 231 cm³/mol. The number of rotatable bonds is 11. The minimum atomic E-state index is -0.436. The monoisotopic (exact) mass is 841 g/mol. The molecule has 0 spiro atoms. The summed E-state index contributed by atoms with van der Waals surface area (Å²) in [5.41, 5.74) is -0.456. The molecule has 8 N–H and O–H groups in total. The molecule has 2 unspecified atom stereocenters. The molecule has 0 aromatic heterocycles. The number of hydrogen-bond acceptors (Lipinski definition) is 8. The van der Waals surface area contributed by atoms with Gasteiger partial charge in [-0.15, -0.1) is 0 Å². The number of carbonyl (C=O) groups excluding carboxylic acids is 2. The summed E-state index contributed by atoms with van der Waals surface area (Å²) in [6, 6.07) is 0. The lowest BCUT2D eigenvalue weighted by Gasteiger charge is -2.63. The van der Waals surface area contributed by atoms with Crippen LogP contribution in [0.25, 0.3) is 0 Å². The molecular formula is C50H84N2O8. The predicted octanol–water partition coefficient (Wildman–Crippen LogP) is 5.97. The molecule has 0 heterocycles. The zero-order valence-corrected chi connectivity index (χ0v) is 38.0. The molecule has 0 aliphatic heterocycles. The van der Waals surface area contributed by atoms with Gasteiger partial charge in [-0.2, -0.15) is 0 Å². The molecule has 22 atom stereocenters. The Kier molecular flexibility index (Phi) is 12.8.